The van der Waals surface area contributed by atoms with E-state index in [0.717, 1.165) is 32.5 Å². The van der Waals surface area contributed by atoms with E-state index in [-0.39, 0.29) is 6.09 Å². The van der Waals surface area contributed by atoms with Crippen LogP contribution in [-0.2, 0) is 4.74 Å². The second-order valence-corrected chi connectivity index (χ2v) is 8.03. The highest BCUT2D eigenvalue weighted by Gasteiger charge is 2.26. The number of anilines is 1. The summed E-state index contributed by atoms with van der Waals surface area (Å²) in [4.78, 5) is 13.9. The Hall–Kier alpha value is -1.71. The first-order valence-corrected chi connectivity index (χ1v) is 9.07. The van der Waals surface area contributed by atoms with Crippen molar-refractivity contribution in [3.8, 4) is 0 Å². The van der Waals surface area contributed by atoms with Crippen LogP contribution in [0.5, 0.6) is 0 Å². The van der Waals surface area contributed by atoms with Crippen molar-refractivity contribution in [3.05, 3.63) is 29.8 Å². The SMILES string of the molecule is CC(C)c1ccccc1NCC1CCN(C(=O)OC(C)(C)C)CC1. The van der Waals surface area contributed by atoms with Gasteiger partial charge in [-0.25, -0.2) is 4.79 Å². The van der Waals surface area contributed by atoms with Crippen molar-refractivity contribution < 1.29 is 9.53 Å². The van der Waals surface area contributed by atoms with Crippen LogP contribution in [0.15, 0.2) is 24.3 Å². The Labute approximate surface area is 146 Å². The lowest BCUT2D eigenvalue weighted by Crippen LogP contribution is -2.42. The zero-order valence-corrected chi connectivity index (χ0v) is 15.8. The predicted molar refractivity (Wildman–Crippen MR) is 99.6 cm³/mol. The van der Waals surface area contributed by atoms with Crippen molar-refractivity contribution in [1.82, 2.24) is 4.90 Å². The number of carbonyl (C=O) groups excluding carboxylic acids is 1. The van der Waals surface area contributed by atoms with Crippen molar-refractivity contribution in [2.24, 2.45) is 5.92 Å². The molecule has 0 aromatic heterocycles. The molecule has 1 amide bonds. The summed E-state index contributed by atoms with van der Waals surface area (Å²) >= 11 is 0. The van der Waals surface area contributed by atoms with Gasteiger partial charge in [0.2, 0.25) is 0 Å². The lowest BCUT2D eigenvalue weighted by Gasteiger charge is -2.33. The van der Waals surface area contributed by atoms with Crippen LogP contribution in [-0.4, -0.2) is 36.2 Å². The standard InChI is InChI=1S/C20H32N2O2/c1-15(2)17-8-6-7-9-18(17)21-14-16-10-12-22(13-11-16)19(23)24-20(3,4)5/h6-9,15-16,21H,10-14H2,1-5H3. The number of benzene rings is 1. The summed E-state index contributed by atoms with van der Waals surface area (Å²) < 4.78 is 5.46. The fourth-order valence-corrected chi connectivity index (χ4v) is 3.06. The first-order valence-electron chi connectivity index (χ1n) is 9.07. The molecular weight excluding hydrogens is 300 g/mol. The van der Waals surface area contributed by atoms with Gasteiger partial charge >= 0.3 is 6.09 Å². The maximum absolute atomic E-state index is 12.1. The van der Waals surface area contributed by atoms with Gasteiger partial charge in [-0.2, -0.15) is 0 Å². The van der Waals surface area contributed by atoms with Crippen LogP contribution in [0.2, 0.25) is 0 Å². The number of rotatable bonds is 4. The molecule has 1 saturated heterocycles. The number of amides is 1. The molecule has 24 heavy (non-hydrogen) atoms. The number of nitrogens with zero attached hydrogens (tertiary/aromatic N) is 1. The lowest BCUT2D eigenvalue weighted by molar-refractivity contribution is 0.0188. The second-order valence-electron chi connectivity index (χ2n) is 8.03. The van der Waals surface area contributed by atoms with E-state index in [2.05, 4.69) is 43.4 Å². The third-order valence-electron chi connectivity index (χ3n) is 4.43. The first kappa shape index (κ1) is 18.6. The van der Waals surface area contributed by atoms with Crippen molar-refractivity contribution in [1.29, 1.82) is 0 Å². The number of para-hydroxylation sites is 1. The lowest BCUT2D eigenvalue weighted by atomic mass is 9.96. The maximum atomic E-state index is 12.1. The summed E-state index contributed by atoms with van der Waals surface area (Å²) in [5.41, 5.74) is 2.18. The third kappa shape index (κ3) is 5.43. The number of nitrogens with one attached hydrogen (secondary N) is 1. The number of hydrogen-bond acceptors (Lipinski definition) is 3. The van der Waals surface area contributed by atoms with Crippen LogP contribution in [0, 0.1) is 5.92 Å². The van der Waals surface area contributed by atoms with E-state index in [1.165, 1.54) is 11.3 Å². The van der Waals surface area contributed by atoms with E-state index < -0.39 is 5.60 Å². The zero-order valence-electron chi connectivity index (χ0n) is 15.8. The fourth-order valence-electron chi connectivity index (χ4n) is 3.06. The molecule has 1 aromatic rings. The summed E-state index contributed by atoms with van der Waals surface area (Å²) in [6, 6.07) is 8.53. The Morgan fingerprint density at radius 1 is 1.25 bits per heavy atom. The van der Waals surface area contributed by atoms with E-state index in [1.807, 2.05) is 25.7 Å². The summed E-state index contributed by atoms with van der Waals surface area (Å²) in [5, 5.41) is 3.61. The predicted octanol–water partition coefficient (Wildman–Crippen LogP) is 4.87. The topological polar surface area (TPSA) is 41.6 Å². The number of ether oxygens (including phenoxy) is 1. The van der Waals surface area contributed by atoms with Gasteiger partial charge in [-0.3, -0.25) is 0 Å². The largest absolute Gasteiger partial charge is 0.444 e. The highest BCUT2D eigenvalue weighted by Crippen LogP contribution is 2.25. The summed E-state index contributed by atoms with van der Waals surface area (Å²) in [5.74, 6) is 1.12. The molecule has 0 saturated carbocycles. The highest BCUT2D eigenvalue weighted by molar-refractivity contribution is 5.68. The van der Waals surface area contributed by atoms with Gasteiger partial charge in [0.1, 0.15) is 5.60 Å². The Bertz CT molecular complexity index is 541. The van der Waals surface area contributed by atoms with Crippen LogP contribution in [0.1, 0.15) is 58.9 Å². The number of hydrogen-bond donors (Lipinski definition) is 1. The molecule has 0 unspecified atom stereocenters. The van der Waals surface area contributed by atoms with Crippen molar-refractivity contribution in [3.63, 3.8) is 0 Å². The van der Waals surface area contributed by atoms with Crippen molar-refractivity contribution >= 4 is 11.8 Å². The smallest absolute Gasteiger partial charge is 0.410 e. The quantitative estimate of drug-likeness (QED) is 0.855. The molecule has 1 fully saturated rings. The molecule has 0 radical (unpaired) electrons. The summed E-state index contributed by atoms with van der Waals surface area (Å²) in [7, 11) is 0. The van der Waals surface area contributed by atoms with Gasteiger partial charge in [0.15, 0.2) is 0 Å². The summed E-state index contributed by atoms with van der Waals surface area (Å²) in [6.45, 7) is 12.7. The molecule has 0 bridgehead atoms. The third-order valence-corrected chi connectivity index (χ3v) is 4.43. The van der Waals surface area contributed by atoms with Gasteiger partial charge in [-0.05, 0) is 57.1 Å². The van der Waals surface area contributed by atoms with Crippen LogP contribution in [0.3, 0.4) is 0 Å². The minimum Gasteiger partial charge on any atom is -0.444 e. The maximum Gasteiger partial charge on any atom is 0.410 e. The summed E-state index contributed by atoms with van der Waals surface area (Å²) in [6.07, 6.45) is 1.87. The second kappa shape index (κ2) is 7.91. The highest BCUT2D eigenvalue weighted by atomic mass is 16.6. The van der Waals surface area contributed by atoms with Crippen molar-refractivity contribution in [2.45, 2.75) is 59.0 Å². The minimum atomic E-state index is -0.421. The number of piperidine rings is 1. The van der Waals surface area contributed by atoms with Gasteiger partial charge < -0.3 is 15.0 Å². The average molecular weight is 332 g/mol. The van der Waals surface area contributed by atoms with E-state index in [1.54, 1.807) is 0 Å². The van der Waals surface area contributed by atoms with Crippen LogP contribution in [0.25, 0.3) is 0 Å². The number of carbonyl (C=O) groups is 1. The Morgan fingerprint density at radius 2 is 1.88 bits per heavy atom. The van der Waals surface area contributed by atoms with E-state index >= 15 is 0 Å². The Morgan fingerprint density at radius 3 is 2.46 bits per heavy atom. The zero-order chi connectivity index (χ0) is 17.7. The molecule has 4 nitrogen and oxygen atoms in total. The molecule has 4 heteroatoms. The Balaban J connectivity index is 1.81. The minimum absolute atomic E-state index is 0.181. The normalized spacial score (nSPS) is 16.3. The molecule has 1 heterocycles. The van der Waals surface area contributed by atoms with E-state index in [9.17, 15) is 4.79 Å². The average Bonchev–Trinajstić information content (AvgIpc) is 2.52. The molecular formula is C20H32N2O2. The van der Waals surface area contributed by atoms with Gasteiger partial charge in [0.05, 0.1) is 0 Å². The fraction of sp³-hybridized carbons (Fsp3) is 0.650. The van der Waals surface area contributed by atoms with Gasteiger partial charge in [-0.15, -0.1) is 0 Å². The van der Waals surface area contributed by atoms with Gasteiger partial charge in [-0.1, -0.05) is 32.0 Å². The van der Waals surface area contributed by atoms with Crippen LogP contribution < -0.4 is 5.32 Å². The van der Waals surface area contributed by atoms with E-state index in [0.29, 0.717) is 11.8 Å². The molecule has 1 aliphatic rings. The molecule has 0 atom stereocenters. The first-order chi connectivity index (χ1) is 11.3. The van der Waals surface area contributed by atoms with Gasteiger partial charge in [0, 0.05) is 25.3 Å². The molecule has 2 rings (SSSR count). The Kier molecular flexibility index (Phi) is 6.14. The van der Waals surface area contributed by atoms with E-state index in [4.69, 9.17) is 4.74 Å². The van der Waals surface area contributed by atoms with Crippen LogP contribution >= 0.6 is 0 Å². The van der Waals surface area contributed by atoms with Crippen molar-refractivity contribution in [2.75, 3.05) is 25.0 Å². The van der Waals surface area contributed by atoms with Crippen LogP contribution in [0.4, 0.5) is 10.5 Å². The number of likely N-dealkylation sites (tertiary alicyclic amines) is 1. The molecule has 0 spiro atoms. The van der Waals surface area contributed by atoms with Gasteiger partial charge in [0.25, 0.3) is 0 Å². The molecule has 1 aliphatic heterocycles. The monoisotopic (exact) mass is 332 g/mol. The molecule has 1 aromatic carbocycles. The molecule has 0 aliphatic carbocycles. The molecule has 134 valence electrons. The molecule has 1 N–H and O–H groups in total.